The van der Waals surface area contributed by atoms with Gasteiger partial charge in [-0.1, -0.05) is 5.16 Å². The van der Waals surface area contributed by atoms with Crippen LogP contribution < -0.4 is 5.32 Å². The van der Waals surface area contributed by atoms with Crippen molar-refractivity contribution in [3.63, 3.8) is 0 Å². The van der Waals surface area contributed by atoms with Gasteiger partial charge in [0.25, 0.3) is 12.9 Å². The van der Waals surface area contributed by atoms with Crippen molar-refractivity contribution in [2.24, 2.45) is 11.8 Å². The third kappa shape index (κ3) is 6.45. The van der Waals surface area contributed by atoms with E-state index >= 15 is 0 Å². The molecule has 4 atom stereocenters. The van der Waals surface area contributed by atoms with Gasteiger partial charge >= 0.3 is 0 Å². The quantitative estimate of drug-likeness (QED) is 0.459. The van der Waals surface area contributed by atoms with Gasteiger partial charge in [-0.2, -0.15) is 0 Å². The molecule has 3 N–H and O–H groups in total. The van der Waals surface area contributed by atoms with Crippen molar-refractivity contribution >= 4 is 18.9 Å². The average molecular weight is 504 g/mol. The number of rotatable bonds is 7. The first-order valence-electron chi connectivity index (χ1n) is 11.7. The topological polar surface area (TPSA) is 158 Å². The van der Waals surface area contributed by atoms with E-state index in [-0.39, 0.29) is 30.6 Å². The number of likely N-dealkylation sites (tertiary alicyclic amines) is 1. The van der Waals surface area contributed by atoms with Gasteiger partial charge in [-0.25, -0.2) is 0 Å². The maximum Gasteiger partial charge on any atom is 0.290 e. The predicted molar refractivity (Wildman–Crippen MR) is 128 cm³/mol. The Labute approximate surface area is 209 Å². The fourth-order valence-corrected chi connectivity index (χ4v) is 5.52. The summed E-state index contributed by atoms with van der Waals surface area (Å²) < 4.78 is 12.1. The number of nitrogens with zero attached hydrogens (tertiary/aromatic N) is 4. The monoisotopic (exact) mass is 503 g/mol. The van der Waals surface area contributed by atoms with Gasteiger partial charge in [0, 0.05) is 55.5 Å². The third-order valence-electron chi connectivity index (χ3n) is 6.76. The van der Waals surface area contributed by atoms with Gasteiger partial charge in [0.1, 0.15) is 5.69 Å². The van der Waals surface area contributed by atoms with Crippen molar-refractivity contribution in [2.75, 3.05) is 40.3 Å². The van der Waals surface area contributed by atoms with E-state index in [1.807, 2.05) is 37.2 Å². The highest BCUT2D eigenvalue weighted by atomic mass is 16.5. The minimum atomic E-state index is -0.250. The summed E-state index contributed by atoms with van der Waals surface area (Å²) in [6.45, 7) is 3.24. The molecule has 5 rings (SSSR count). The Morgan fingerprint density at radius 1 is 1.28 bits per heavy atom. The number of aromatic nitrogens is 2. The minimum Gasteiger partial charge on any atom is -0.483 e. The molecule has 2 aromatic rings. The van der Waals surface area contributed by atoms with Crippen LogP contribution in [-0.4, -0.2) is 101 Å². The van der Waals surface area contributed by atoms with E-state index in [9.17, 15) is 4.79 Å². The van der Waals surface area contributed by atoms with E-state index in [1.54, 1.807) is 12.4 Å². The molecular formula is C24H33N5O7. The number of pyridine rings is 1. The minimum absolute atomic E-state index is 0.0600. The van der Waals surface area contributed by atoms with Crippen LogP contribution in [0.1, 0.15) is 18.6 Å². The van der Waals surface area contributed by atoms with Crippen LogP contribution in [0, 0.1) is 11.8 Å². The van der Waals surface area contributed by atoms with Crippen LogP contribution in [0.3, 0.4) is 0 Å². The number of hydrogen-bond donors (Lipinski definition) is 3. The molecule has 1 amide bonds. The highest BCUT2D eigenvalue weighted by molar-refractivity contribution is 5.77. The maximum atomic E-state index is 12.1. The van der Waals surface area contributed by atoms with Crippen molar-refractivity contribution < 1.29 is 33.9 Å². The number of ether oxygens (including phenoxy) is 1. The number of fused-ring (bicyclic) bond motifs is 1. The molecule has 12 heteroatoms. The molecular weight excluding hydrogens is 470 g/mol. The van der Waals surface area contributed by atoms with E-state index < -0.39 is 0 Å². The molecule has 2 bridgehead atoms. The smallest absolute Gasteiger partial charge is 0.290 e. The Morgan fingerprint density at radius 2 is 1.97 bits per heavy atom. The van der Waals surface area contributed by atoms with Crippen LogP contribution in [0.4, 0.5) is 0 Å². The van der Waals surface area contributed by atoms with E-state index in [0.717, 1.165) is 49.5 Å². The van der Waals surface area contributed by atoms with Crippen LogP contribution in [0.15, 0.2) is 35.1 Å². The number of hydrogen-bond acceptors (Lipinski definition) is 9. The second-order valence-corrected chi connectivity index (χ2v) is 9.37. The lowest BCUT2D eigenvalue weighted by molar-refractivity contribution is -0.123. The van der Waals surface area contributed by atoms with Crippen LogP contribution in [0.25, 0.3) is 11.3 Å². The molecule has 1 spiro atoms. The number of carbonyl (C=O) groups is 3. The van der Waals surface area contributed by atoms with E-state index in [2.05, 4.69) is 20.4 Å². The molecule has 3 fully saturated rings. The molecule has 5 heterocycles. The van der Waals surface area contributed by atoms with Crippen LogP contribution in [0.2, 0.25) is 0 Å². The fraction of sp³-hybridized carbons (Fsp3) is 0.542. The zero-order valence-corrected chi connectivity index (χ0v) is 20.4. The first-order valence-corrected chi connectivity index (χ1v) is 11.7. The van der Waals surface area contributed by atoms with E-state index in [4.69, 9.17) is 29.1 Å². The lowest BCUT2D eigenvalue weighted by Gasteiger charge is -2.29. The Kier molecular flexibility index (Phi) is 9.51. The summed E-state index contributed by atoms with van der Waals surface area (Å²) in [6, 6.07) is 5.88. The number of nitrogens with one attached hydrogen (secondary N) is 1. The molecule has 0 aromatic carbocycles. The lowest BCUT2D eigenvalue weighted by Crippen LogP contribution is -2.43. The molecule has 12 nitrogen and oxygen atoms in total. The summed E-state index contributed by atoms with van der Waals surface area (Å²) in [6.07, 6.45) is 6.00. The number of carboxylic acid groups (broad SMARTS) is 2. The highest BCUT2D eigenvalue weighted by Gasteiger charge is 2.62. The molecule has 0 radical (unpaired) electrons. The van der Waals surface area contributed by atoms with Crippen LogP contribution in [0.5, 0.6) is 0 Å². The van der Waals surface area contributed by atoms with Gasteiger partial charge in [-0.05, 0) is 39.1 Å². The van der Waals surface area contributed by atoms with Crippen molar-refractivity contribution in [2.45, 2.75) is 31.1 Å². The van der Waals surface area contributed by atoms with Gasteiger partial charge in [0.2, 0.25) is 5.91 Å². The van der Waals surface area contributed by atoms with Crippen molar-refractivity contribution in [1.82, 2.24) is 25.3 Å². The molecule has 0 aliphatic carbocycles. The zero-order chi connectivity index (χ0) is 26.1. The lowest BCUT2D eigenvalue weighted by atomic mass is 9.73. The van der Waals surface area contributed by atoms with Gasteiger partial charge < -0.3 is 29.7 Å². The number of carbonyl (C=O) groups excluding carboxylic acids is 1. The van der Waals surface area contributed by atoms with Crippen molar-refractivity contribution in [3.8, 4) is 11.3 Å². The van der Waals surface area contributed by atoms with Gasteiger partial charge in [-0.15, -0.1) is 0 Å². The first kappa shape index (κ1) is 27.2. The maximum absolute atomic E-state index is 12.1. The Bertz CT molecular complexity index is 996. The van der Waals surface area contributed by atoms with Crippen LogP contribution in [-0.2, 0) is 25.7 Å². The summed E-state index contributed by atoms with van der Waals surface area (Å²) in [7, 11) is 3.82. The first-order chi connectivity index (χ1) is 17.4. The molecule has 3 aliphatic rings. The number of amides is 1. The van der Waals surface area contributed by atoms with E-state index in [1.165, 1.54) is 0 Å². The predicted octanol–water partition coefficient (Wildman–Crippen LogP) is 0.795. The molecule has 3 aliphatic heterocycles. The summed E-state index contributed by atoms with van der Waals surface area (Å²) >= 11 is 0. The second-order valence-electron chi connectivity index (χ2n) is 9.37. The standard InChI is InChI=1S/C22H29N5O3.2CH2O2/c1-26(2)13-21(28)24-10-17-18-12-27(14-22(18)6-3-20(17)29-22)11-16-9-19(25-30-16)15-4-7-23-8-5-15;2*2-1-3/h4-5,7-9,17-18,20H,3,6,10-14H2,1-2H3,(H,24,28);2*1H,(H,2,3)/t17-,18+,20+,22+;;/m0../s1. The molecule has 0 unspecified atom stereocenters. The van der Waals surface area contributed by atoms with Crippen LogP contribution >= 0.6 is 0 Å². The summed E-state index contributed by atoms with van der Waals surface area (Å²) in [5.74, 6) is 1.79. The Morgan fingerprint density at radius 3 is 2.64 bits per heavy atom. The highest BCUT2D eigenvalue weighted by Crippen LogP contribution is 2.54. The van der Waals surface area contributed by atoms with E-state index in [0.29, 0.717) is 24.9 Å². The fourth-order valence-electron chi connectivity index (χ4n) is 5.52. The SMILES string of the molecule is CN(C)CC(=O)NC[C@H]1[C@H]2CN(Cc3cc(-c4ccncc4)no3)C[C@]23CC[C@H]1O3.O=CO.O=CO. The van der Waals surface area contributed by atoms with Crippen molar-refractivity contribution in [3.05, 3.63) is 36.4 Å². The molecule has 196 valence electrons. The number of likely N-dealkylation sites (N-methyl/N-ethyl adjacent to an activating group) is 1. The van der Waals surface area contributed by atoms with Gasteiger partial charge in [-0.3, -0.25) is 24.3 Å². The average Bonchev–Trinajstić information content (AvgIpc) is 3.60. The largest absolute Gasteiger partial charge is 0.483 e. The molecule has 3 saturated heterocycles. The summed E-state index contributed by atoms with van der Waals surface area (Å²) in [5, 5.41) is 21.1. The zero-order valence-electron chi connectivity index (χ0n) is 20.4. The summed E-state index contributed by atoms with van der Waals surface area (Å²) in [4.78, 5) is 37.2. The Hall–Kier alpha value is -3.35. The molecule has 0 saturated carbocycles. The van der Waals surface area contributed by atoms with Crippen molar-refractivity contribution in [1.29, 1.82) is 0 Å². The van der Waals surface area contributed by atoms with Gasteiger partial charge in [0.05, 0.1) is 24.8 Å². The molecule has 36 heavy (non-hydrogen) atoms. The Balaban J connectivity index is 0.000000550. The third-order valence-corrected chi connectivity index (χ3v) is 6.76. The van der Waals surface area contributed by atoms with Gasteiger partial charge in [0.15, 0.2) is 5.76 Å². The second kappa shape index (κ2) is 12.6. The molecule has 2 aromatic heterocycles. The summed E-state index contributed by atoms with van der Waals surface area (Å²) in [5.41, 5.74) is 1.78. The normalized spacial score (nSPS) is 25.8.